The third kappa shape index (κ3) is 5.10. The summed E-state index contributed by atoms with van der Waals surface area (Å²) in [6.45, 7) is 0.450. The molecular weight excluding hydrogens is 437 g/mol. The minimum atomic E-state index is 0. The number of nitrogens with zero attached hydrogens (tertiary/aromatic N) is 2. The number of hydrogen-bond acceptors (Lipinski definition) is 6. The van der Waals surface area contributed by atoms with E-state index in [0.29, 0.717) is 34.7 Å². The summed E-state index contributed by atoms with van der Waals surface area (Å²) in [5.74, 6) is 2.46. The van der Waals surface area contributed by atoms with Crippen LogP contribution in [0.2, 0.25) is 5.02 Å². The number of ether oxygens (including phenoxy) is 3. The van der Waals surface area contributed by atoms with Gasteiger partial charge in [0.05, 0.1) is 24.8 Å². The van der Waals surface area contributed by atoms with E-state index in [-0.39, 0.29) is 12.4 Å². The Morgan fingerprint density at radius 3 is 2.32 bits per heavy atom. The Kier molecular flexibility index (Phi) is 7.39. The van der Waals surface area contributed by atoms with Crippen molar-refractivity contribution in [2.24, 2.45) is 0 Å². The number of anilines is 2. The molecule has 0 saturated carbocycles. The predicted molar refractivity (Wildman–Crippen MR) is 125 cm³/mol. The number of halogens is 2. The van der Waals surface area contributed by atoms with Crippen LogP contribution >= 0.6 is 24.0 Å². The van der Waals surface area contributed by atoms with Gasteiger partial charge in [-0.2, -0.15) is 0 Å². The molecule has 1 heterocycles. The maximum absolute atomic E-state index is 6.43. The van der Waals surface area contributed by atoms with Crippen molar-refractivity contribution >= 4 is 46.4 Å². The first-order chi connectivity index (χ1) is 14.7. The Balaban J connectivity index is 0.00000272. The zero-order valence-electron chi connectivity index (χ0n) is 17.0. The van der Waals surface area contributed by atoms with Crippen LogP contribution in [0.4, 0.5) is 11.5 Å². The Morgan fingerprint density at radius 1 is 0.871 bits per heavy atom. The van der Waals surface area contributed by atoms with E-state index >= 15 is 0 Å². The van der Waals surface area contributed by atoms with E-state index in [4.69, 9.17) is 25.8 Å². The van der Waals surface area contributed by atoms with Crippen LogP contribution in [-0.2, 0) is 6.61 Å². The standard InChI is InChI=1S/C23H20ClN3O3.ClH/c1-28-21-11-17-19(12-22(21)29-2)25-14-26-23(17)27-16-8-9-20(18(24)10-16)30-13-15-6-4-3-5-7-15;/h3-12,14H,13H2,1-2H3,(H,25,26,27);1H. The topological polar surface area (TPSA) is 65.5 Å². The molecule has 0 fully saturated rings. The van der Waals surface area contributed by atoms with Gasteiger partial charge in [0.25, 0.3) is 0 Å². The fourth-order valence-electron chi connectivity index (χ4n) is 3.05. The molecule has 0 aliphatic rings. The van der Waals surface area contributed by atoms with E-state index in [1.54, 1.807) is 20.3 Å². The van der Waals surface area contributed by atoms with Crippen LogP contribution in [0.15, 0.2) is 67.0 Å². The summed E-state index contributed by atoms with van der Waals surface area (Å²) < 4.78 is 16.6. The van der Waals surface area contributed by atoms with Crippen LogP contribution in [0.25, 0.3) is 10.9 Å². The van der Waals surface area contributed by atoms with E-state index in [2.05, 4.69) is 15.3 Å². The molecular formula is C23H21Cl2N3O3. The first-order valence-electron chi connectivity index (χ1n) is 9.28. The second-order valence-electron chi connectivity index (χ2n) is 6.49. The number of hydrogen-bond donors (Lipinski definition) is 1. The average Bonchev–Trinajstić information content (AvgIpc) is 2.78. The molecule has 3 aromatic carbocycles. The molecule has 0 spiro atoms. The highest BCUT2D eigenvalue weighted by atomic mass is 35.5. The van der Waals surface area contributed by atoms with Crippen LogP contribution in [0.1, 0.15) is 5.56 Å². The number of aromatic nitrogens is 2. The molecule has 0 unspecified atom stereocenters. The molecule has 160 valence electrons. The lowest BCUT2D eigenvalue weighted by Gasteiger charge is -2.13. The lowest BCUT2D eigenvalue weighted by atomic mass is 10.2. The summed E-state index contributed by atoms with van der Waals surface area (Å²) in [4.78, 5) is 8.69. The van der Waals surface area contributed by atoms with E-state index < -0.39 is 0 Å². The molecule has 0 aliphatic heterocycles. The summed E-state index contributed by atoms with van der Waals surface area (Å²) in [5.41, 5.74) is 2.59. The highest BCUT2D eigenvalue weighted by Gasteiger charge is 2.12. The van der Waals surface area contributed by atoms with Gasteiger partial charge in [0, 0.05) is 17.1 Å². The largest absolute Gasteiger partial charge is 0.493 e. The molecule has 31 heavy (non-hydrogen) atoms. The third-order valence-corrected chi connectivity index (χ3v) is 4.87. The first-order valence-corrected chi connectivity index (χ1v) is 9.66. The number of fused-ring (bicyclic) bond motifs is 1. The average molecular weight is 458 g/mol. The maximum Gasteiger partial charge on any atom is 0.162 e. The van der Waals surface area contributed by atoms with Gasteiger partial charge in [0.1, 0.15) is 24.5 Å². The minimum Gasteiger partial charge on any atom is -0.493 e. The van der Waals surface area contributed by atoms with Crippen molar-refractivity contribution in [1.82, 2.24) is 9.97 Å². The molecule has 0 bridgehead atoms. The van der Waals surface area contributed by atoms with Gasteiger partial charge in [-0.25, -0.2) is 9.97 Å². The Morgan fingerprint density at radius 2 is 1.61 bits per heavy atom. The van der Waals surface area contributed by atoms with Gasteiger partial charge >= 0.3 is 0 Å². The summed E-state index contributed by atoms with van der Waals surface area (Å²) in [5, 5.41) is 4.60. The van der Waals surface area contributed by atoms with Gasteiger partial charge in [0.2, 0.25) is 0 Å². The van der Waals surface area contributed by atoms with Gasteiger partial charge in [-0.1, -0.05) is 41.9 Å². The fraction of sp³-hybridized carbons (Fsp3) is 0.130. The predicted octanol–water partition coefficient (Wildman–Crippen LogP) is 6.04. The second kappa shape index (κ2) is 10.2. The fourth-order valence-corrected chi connectivity index (χ4v) is 3.29. The van der Waals surface area contributed by atoms with Gasteiger partial charge in [-0.05, 0) is 29.8 Å². The Labute approximate surface area is 191 Å². The zero-order chi connectivity index (χ0) is 20.9. The minimum absolute atomic E-state index is 0. The van der Waals surface area contributed by atoms with E-state index in [0.717, 1.165) is 22.2 Å². The van der Waals surface area contributed by atoms with E-state index in [9.17, 15) is 0 Å². The van der Waals surface area contributed by atoms with E-state index in [1.807, 2.05) is 54.6 Å². The normalized spacial score (nSPS) is 10.3. The van der Waals surface area contributed by atoms with Crippen LogP contribution in [0.3, 0.4) is 0 Å². The van der Waals surface area contributed by atoms with E-state index in [1.165, 1.54) is 6.33 Å². The summed E-state index contributed by atoms with van der Waals surface area (Å²) >= 11 is 6.43. The SMILES string of the molecule is COc1cc2ncnc(Nc3ccc(OCc4ccccc4)c(Cl)c3)c2cc1OC.Cl. The molecule has 8 heteroatoms. The highest BCUT2D eigenvalue weighted by molar-refractivity contribution is 6.32. The number of benzene rings is 3. The summed E-state index contributed by atoms with van der Waals surface area (Å²) in [6, 6.07) is 19.1. The van der Waals surface area contributed by atoms with Crippen LogP contribution in [0, 0.1) is 0 Å². The first kappa shape index (κ1) is 22.5. The summed E-state index contributed by atoms with van der Waals surface area (Å²) in [7, 11) is 3.18. The van der Waals surface area contributed by atoms with Crippen LogP contribution < -0.4 is 19.5 Å². The molecule has 0 radical (unpaired) electrons. The lowest BCUT2D eigenvalue weighted by Crippen LogP contribution is -1.99. The van der Waals surface area contributed by atoms with Crippen LogP contribution in [0.5, 0.6) is 17.2 Å². The van der Waals surface area contributed by atoms with Crippen molar-refractivity contribution in [2.75, 3.05) is 19.5 Å². The number of rotatable bonds is 7. The van der Waals surface area contributed by atoms with Crippen molar-refractivity contribution < 1.29 is 14.2 Å². The van der Waals surface area contributed by atoms with Crippen molar-refractivity contribution in [3.63, 3.8) is 0 Å². The number of methoxy groups -OCH3 is 2. The van der Waals surface area contributed by atoms with Gasteiger partial charge in [0.15, 0.2) is 11.5 Å². The van der Waals surface area contributed by atoms with Gasteiger partial charge in [-0.3, -0.25) is 0 Å². The highest BCUT2D eigenvalue weighted by Crippen LogP contribution is 2.35. The lowest BCUT2D eigenvalue weighted by molar-refractivity contribution is 0.306. The number of nitrogens with one attached hydrogen (secondary N) is 1. The third-order valence-electron chi connectivity index (χ3n) is 4.57. The smallest absolute Gasteiger partial charge is 0.162 e. The van der Waals surface area contributed by atoms with Crippen LogP contribution in [-0.4, -0.2) is 24.2 Å². The maximum atomic E-state index is 6.43. The quantitative estimate of drug-likeness (QED) is 0.364. The van der Waals surface area contributed by atoms with Crippen molar-refractivity contribution in [3.8, 4) is 17.2 Å². The zero-order valence-corrected chi connectivity index (χ0v) is 18.5. The monoisotopic (exact) mass is 457 g/mol. The summed E-state index contributed by atoms with van der Waals surface area (Å²) in [6.07, 6.45) is 1.50. The second-order valence-corrected chi connectivity index (χ2v) is 6.90. The Hall–Kier alpha value is -3.22. The van der Waals surface area contributed by atoms with Gasteiger partial charge in [-0.15, -0.1) is 12.4 Å². The molecule has 6 nitrogen and oxygen atoms in total. The molecule has 1 aromatic heterocycles. The molecule has 0 amide bonds. The molecule has 4 aromatic rings. The van der Waals surface area contributed by atoms with Crippen molar-refractivity contribution in [1.29, 1.82) is 0 Å². The molecule has 0 saturated heterocycles. The molecule has 0 atom stereocenters. The van der Waals surface area contributed by atoms with Crippen molar-refractivity contribution in [3.05, 3.63) is 77.6 Å². The van der Waals surface area contributed by atoms with Crippen molar-refractivity contribution in [2.45, 2.75) is 6.61 Å². The molecule has 0 aliphatic carbocycles. The Bertz CT molecular complexity index is 1170. The van der Waals surface area contributed by atoms with Gasteiger partial charge < -0.3 is 19.5 Å². The molecule has 1 N–H and O–H groups in total. The molecule has 4 rings (SSSR count).